The molecule has 0 bridgehead atoms. The van der Waals surface area contributed by atoms with Crippen LogP contribution in [0.4, 0.5) is 5.69 Å². The van der Waals surface area contributed by atoms with Crippen LogP contribution in [0, 0.1) is 6.92 Å². The maximum Gasteiger partial charge on any atom is 0.350 e. The van der Waals surface area contributed by atoms with E-state index in [9.17, 15) is 13.2 Å². The zero-order valence-corrected chi connectivity index (χ0v) is 11.8. The number of rotatable bonds is 4. The number of carbonyl (C=O) groups excluding carboxylic acids is 1. The maximum absolute atomic E-state index is 12.1. The van der Waals surface area contributed by atoms with Crippen molar-refractivity contribution < 1.29 is 17.9 Å². The summed E-state index contributed by atoms with van der Waals surface area (Å²) in [5, 5.41) is 7.68. The van der Waals surface area contributed by atoms with Crippen molar-refractivity contribution in [2.24, 2.45) is 0 Å². The van der Waals surface area contributed by atoms with Crippen molar-refractivity contribution in [3.63, 3.8) is 0 Å². The van der Waals surface area contributed by atoms with Gasteiger partial charge in [0.15, 0.2) is 0 Å². The number of hydrogen-bond acceptors (Lipinski definition) is 6. The molecule has 19 heavy (non-hydrogen) atoms. The molecule has 0 saturated heterocycles. The second-order valence-corrected chi connectivity index (χ2v) is 6.22. The van der Waals surface area contributed by atoms with Crippen molar-refractivity contribution in [2.45, 2.75) is 11.8 Å². The minimum atomic E-state index is -3.77. The van der Waals surface area contributed by atoms with Crippen LogP contribution in [0.2, 0.25) is 0 Å². The average molecular weight is 301 g/mol. The first kappa shape index (κ1) is 13.6. The lowest BCUT2D eigenvalue weighted by Gasteiger charge is -2.07. The van der Waals surface area contributed by atoms with E-state index in [2.05, 4.69) is 19.7 Å². The van der Waals surface area contributed by atoms with Gasteiger partial charge >= 0.3 is 5.97 Å². The summed E-state index contributed by atoms with van der Waals surface area (Å²) in [6.07, 6.45) is 2.43. The van der Waals surface area contributed by atoms with Gasteiger partial charge in [-0.05, 0) is 17.9 Å². The smallest absolute Gasteiger partial charge is 0.350 e. The Kier molecular flexibility index (Phi) is 3.58. The zero-order valence-electron chi connectivity index (χ0n) is 10.1. The maximum atomic E-state index is 12.1. The number of H-pyrrole nitrogens is 1. The van der Waals surface area contributed by atoms with Crippen molar-refractivity contribution in [1.29, 1.82) is 0 Å². The highest BCUT2D eigenvalue weighted by molar-refractivity contribution is 7.92. The third-order valence-corrected chi connectivity index (χ3v) is 4.76. The van der Waals surface area contributed by atoms with Gasteiger partial charge in [-0.15, -0.1) is 11.3 Å². The fourth-order valence-corrected chi connectivity index (χ4v) is 3.43. The first-order valence-electron chi connectivity index (χ1n) is 5.13. The summed E-state index contributed by atoms with van der Waals surface area (Å²) < 4.78 is 31.1. The molecule has 0 radical (unpaired) electrons. The fourth-order valence-electron chi connectivity index (χ4n) is 1.39. The van der Waals surface area contributed by atoms with Crippen LogP contribution >= 0.6 is 11.3 Å². The summed E-state index contributed by atoms with van der Waals surface area (Å²) in [5.74, 6) is -0.581. The summed E-state index contributed by atoms with van der Waals surface area (Å²) in [5.41, 5.74) is 0.885. The number of nitrogens with one attached hydrogen (secondary N) is 2. The number of esters is 1. The molecule has 0 spiro atoms. The standard InChI is InChI=1S/C10H11N3O4S2/c1-6-5-18-9(10(14)17-2)8(6)13-19(15,16)7-3-11-12-4-7/h3-5,13H,1-2H3,(H,11,12). The number of sulfonamides is 1. The van der Waals surface area contributed by atoms with E-state index >= 15 is 0 Å². The number of aryl methyl sites for hydroxylation is 1. The van der Waals surface area contributed by atoms with Crippen molar-refractivity contribution in [3.8, 4) is 0 Å². The number of aromatic amines is 1. The Morgan fingerprint density at radius 2 is 2.26 bits per heavy atom. The van der Waals surface area contributed by atoms with Crippen molar-refractivity contribution in [2.75, 3.05) is 11.8 Å². The minimum Gasteiger partial charge on any atom is -0.465 e. The molecule has 2 heterocycles. The van der Waals surface area contributed by atoms with Crippen molar-refractivity contribution >= 4 is 33.0 Å². The number of nitrogens with zero attached hydrogens (tertiary/aromatic N) is 1. The largest absolute Gasteiger partial charge is 0.465 e. The molecular formula is C10H11N3O4S2. The monoisotopic (exact) mass is 301 g/mol. The molecule has 0 aliphatic carbocycles. The van der Waals surface area contributed by atoms with Gasteiger partial charge in [0.05, 0.1) is 19.0 Å². The van der Waals surface area contributed by atoms with E-state index in [1.807, 2.05) is 0 Å². The molecule has 0 aromatic carbocycles. The normalized spacial score (nSPS) is 11.3. The summed E-state index contributed by atoms with van der Waals surface area (Å²) in [6, 6.07) is 0. The van der Waals surface area contributed by atoms with Gasteiger partial charge in [-0.25, -0.2) is 13.2 Å². The minimum absolute atomic E-state index is 0.00563. The van der Waals surface area contributed by atoms with Gasteiger partial charge < -0.3 is 4.74 Å². The van der Waals surface area contributed by atoms with Crippen LogP contribution in [-0.2, 0) is 14.8 Å². The highest BCUT2D eigenvalue weighted by atomic mass is 32.2. The topological polar surface area (TPSA) is 101 Å². The number of ether oxygens (including phenoxy) is 1. The Bertz CT molecular complexity index is 688. The molecule has 2 aromatic heterocycles. The summed E-state index contributed by atoms with van der Waals surface area (Å²) in [6.45, 7) is 1.70. The van der Waals surface area contributed by atoms with Gasteiger partial charge in [0, 0.05) is 6.20 Å². The average Bonchev–Trinajstić information content (AvgIpc) is 3.00. The Morgan fingerprint density at radius 1 is 1.53 bits per heavy atom. The SMILES string of the molecule is COC(=O)c1scc(C)c1NS(=O)(=O)c1cn[nH]c1. The number of thiophene rings is 1. The highest BCUT2D eigenvalue weighted by Gasteiger charge is 2.23. The number of hydrogen-bond donors (Lipinski definition) is 2. The molecule has 0 aliphatic heterocycles. The number of anilines is 1. The molecule has 2 rings (SSSR count). The van der Waals surface area contributed by atoms with E-state index in [1.54, 1.807) is 12.3 Å². The molecule has 0 unspecified atom stereocenters. The Hall–Kier alpha value is -1.87. The molecule has 2 aromatic rings. The summed E-state index contributed by atoms with van der Waals surface area (Å²) in [4.78, 5) is 11.8. The lowest BCUT2D eigenvalue weighted by atomic mass is 10.3. The third kappa shape index (κ3) is 2.61. The first-order chi connectivity index (χ1) is 8.95. The second kappa shape index (κ2) is 5.02. The molecular weight excluding hydrogens is 290 g/mol. The van der Waals surface area contributed by atoms with Crippen LogP contribution < -0.4 is 4.72 Å². The number of aromatic nitrogens is 2. The first-order valence-corrected chi connectivity index (χ1v) is 7.50. The molecule has 0 aliphatic rings. The quantitative estimate of drug-likeness (QED) is 0.830. The van der Waals surface area contributed by atoms with Gasteiger partial charge in [0.1, 0.15) is 9.77 Å². The number of carbonyl (C=O) groups is 1. The lowest BCUT2D eigenvalue weighted by molar-refractivity contribution is 0.0607. The Labute approximate surface area is 113 Å². The molecule has 0 atom stereocenters. The molecule has 2 N–H and O–H groups in total. The summed E-state index contributed by atoms with van der Waals surface area (Å²) >= 11 is 1.12. The van der Waals surface area contributed by atoms with Gasteiger partial charge in [-0.2, -0.15) is 5.10 Å². The van der Waals surface area contributed by atoms with Crippen molar-refractivity contribution in [3.05, 3.63) is 28.2 Å². The van der Waals surface area contributed by atoms with Crippen LogP contribution in [0.1, 0.15) is 15.2 Å². The van der Waals surface area contributed by atoms with Crippen LogP contribution in [0.3, 0.4) is 0 Å². The van der Waals surface area contributed by atoms with Gasteiger partial charge in [-0.3, -0.25) is 9.82 Å². The predicted molar refractivity (Wildman–Crippen MR) is 69.8 cm³/mol. The van der Waals surface area contributed by atoms with Crippen molar-refractivity contribution in [1.82, 2.24) is 10.2 Å². The second-order valence-electron chi connectivity index (χ2n) is 3.65. The third-order valence-electron chi connectivity index (χ3n) is 2.37. The Balaban J connectivity index is 2.39. The molecule has 7 nitrogen and oxygen atoms in total. The van der Waals surface area contributed by atoms with Crippen LogP contribution in [0.15, 0.2) is 22.7 Å². The molecule has 0 saturated carbocycles. The van der Waals surface area contributed by atoms with Gasteiger partial charge in [-0.1, -0.05) is 0 Å². The van der Waals surface area contributed by atoms with E-state index in [1.165, 1.54) is 19.5 Å². The van der Waals surface area contributed by atoms with E-state index in [0.717, 1.165) is 11.3 Å². The molecule has 102 valence electrons. The molecule has 0 fully saturated rings. The van der Waals surface area contributed by atoms with E-state index in [-0.39, 0.29) is 15.5 Å². The van der Waals surface area contributed by atoms with Gasteiger partial charge in [0.25, 0.3) is 10.0 Å². The molecule has 0 amide bonds. The number of methoxy groups -OCH3 is 1. The van der Waals surface area contributed by atoms with Gasteiger partial charge in [0.2, 0.25) is 0 Å². The molecule has 9 heteroatoms. The highest BCUT2D eigenvalue weighted by Crippen LogP contribution is 2.30. The van der Waals surface area contributed by atoms with E-state index < -0.39 is 16.0 Å². The van der Waals surface area contributed by atoms with E-state index in [0.29, 0.717) is 5.56 Å². The van der Waals surface area contributed by atoms with Crippen LogP contribution in [0.25, 0.3) is 0 Å². The van der Waals surface area contributed by atoms with Crippen LogP contribution in [-0.4, -0.2) is 31.7 Å². The lowest BCUT2D eigenvalue weighted by Crippen LogP contribution is -2.15. The van der Waals surface area contributed by atoms with E-state index in [4.69, 9.17) is 0 Å². The Morgan fingerprint density at radius 3 is 2.84 bits per heavy atom. The fraction of sp³-hybridized carbons (Fsp3) is 0.200. The zero-order chi connectivity index (χ0) is 14.0. The summed E-state index contributed by atoms with van der Waals surface area (Å²) in [7, 11) is -2.53. The predicted octanol–water partition coefficient (Wildman–Crippen LogP) is 1.37. The van der Waals surface area contributed by atoms with Crippen LogP contribution in [0.5, 0.6) is 0 Å².